The van der Waals surface area contributed by atoms with E-state index in [1.807, 2.05) is 30.4 Å². The summed E-state index contributed by atoms with van der Waals surface area (Å²) in [5.41, 5.74) is 5.31. The SMILES string of the molecule is CCCCC/C=C\C/C=C\CCCCCCCC(=O)O[C@H](COC(=O)CCC[C@@H](O)/C=C/C=C\C/C=C\C=C\[C@@H](O)CCCCC)COP(=O)(O)OC[C@H](N)C(=O)O. The first-order valence-electron chi connectivity index (χ1n) is 21.2. The molecular weight excluding hydrogens is 765 g/mol. The lowest BCUT2D eigenvalue weighted by atomic mass is 10.1. The van der Waals surface area contributed by atoms with Gasteiger partial charge in [0.05, 0.1) is 25.4 Å². The topological polar surface area (TPSA) is 212 Å². The molecule has 0 aliphatic heterocycles. The Morgan fingerprint density at radius 1 is 0.621 bits per heavy atom. The maximum atomic E-state index is 12.6. The molecule has 0 bridgehead atoms. The Hall–Kier alpha value is -3.16. The highest BCUT2D eigenvalue weighted by Crippen LogP contribution is 2.43. The molecule has 0 heterocycles. The second-order valence-corrected chi connectivity index (χ2v) is 15.6. The number of unbranched alkanes of at least 4 members (excludes halogenated alkanes) is 10. The number of phosphoric ester groups is 1. The van der Waals surface area contributed by atoms with Crippen LogP contribution in [0.1, 0.15) is 142 Å². The lowest BCUT2D eigenvalue weighted by Gasteiger charge is -2.20. The highest BCUT2D eigenvalue weighted by Gasteiger charge is 2.28. The molecule has 332 valence electrons. The van der Waals surface area contributed by atoms with Crippen molar-refractivity contribution in [2.24, 2.45) is 5.73 Å². The van der Waals surface area contributed by atoms with Gasteiger partial charge in [0, 0.05) is 12.8 Å². The van der Waals surface area contributed by atoms with Gasteiger partial charge in [0.1, 0.15) is 12.6 Å². The smallest absolute Gasteiger partial charge is 0.472 e. The number of carbonyl (C=O) groups is 3. The number of allylic oxidation sites excluding steroid dienone is 10. The van der Waals surface area contributed by atoms with Gasteiger partial charge in [0.15, 0.2) is 6.10 Å². The zero-order valence-corrected chi connectivity index (χ0v) is 36.0. The van der Waals surface area contributed by atoms with E-state index >= 15 is 0 Å². The molecule has 5 atom stereocenters. The molecule has 0 aliphatic rings. The number of hydrogen-bond acceptors (Lipinski definition) is 11. The fraction of sp³-hybridized carbons (Fsp3) is 0.659. The molecule has 0 aromatic heterocycles. The molecule has 0 rings (SSSR count). The molecule has 0 fully saturated rings. The summed E-state index contributed by atoms with van der Waals surface area (Å²) < 4.78 is 32.5. The maximum absolute atomic E-state index is 12.6. The van der Waals surface area contributed by atoms with Gasteiger partial charge in [0.2, 0.25) is 0 Å². The van der Waals surface area contributed by atoms with Crippen molar-refractivity contribution in [3.8, 4) is 0 Å². The molecular formula is C44H74NO12P. The Kier molecular flexibility index (Phi) is 36.0. The van der Waals surface area contributed by atoms with E-state index in [1.54, 1.807) is 18.2 Å². The van der Waals surface area contributed by atoms with Crippen molar-refractivity contribution in [2.75, 3.05) is 19.8 Å². The summed E-state index contributed by atoms with van der Waals surface area (Å²) in [6, 6.07) is -1.56. The Morgan fingerprint density at radius 2 is 1.14 bits per heavy atom. The normalized spacial score (nSPS) is 15.6. The van der Waals surface area contributed by atoms with Gasteiger partial charge in [-0.2, -0.15) is 0 Å². The van der Waals surface area contributed by atoms with E-state index in [0.717, 1.165) is 70.6 Å². The van der Waals surface area contributed by atoms with Crippen molar-refractivity contribution in [2.45, 2.75) is 167 Å². The Bertz CT molecular complexity index is 1290. The molecule has 13 nitrogen and oxygen atoms in total. The summed E-state index contributed by atoms with van der Waals surface area (Å²) in [4.78, 5) is 45.9. The highest BCUT2D eigenvalue weighted by molar-refractivity contribution is 7.47. The number of carbonyl (C=O) groups excluding carboxylic acids is 2. The quantitative estimate of drug-likeness (QED) is 0.0129. The van der Waals surface area contributed by atoms with E-state index < -0.39 is 69.9 Å². The van der Waals surface area contributed by atoms with Crippen LogP contribution >= 0.6 is 7.82 Å². The zero-order valence-electron chi connectivity index (χ0n) is 35.1. The van der Waals surface area contributed by atoms with Crippen LogP contribution in [0.15, 0.2) is 72.9 Å². The molecule has 0 saturated heterocycles. The summed E-state index contributed by atoms with van der Waals surface area (Å²) in [5, 5.41) is 29.0. The second-order valence-electron chi connectivity index (χ2n) is 14.2. The van der Waals surface area contributed by atoms with E-state index in [4.69, 9.17) is 24.8 Å². The van der Waals surface area contributed by atoms with Crippen LogP contribution in [-0.2, 0) is 37.5 Å². The van der Waals surface area contributed by atoms with Crippen LogP contribution in [-0.4, -0.2) is 82.3 Å². The Balaban J connectivity index is 4.66. The highest BCUT2D eigenvalue weighted by atomic mass is 31.2. The third kappa shape index (κ3) is 37.1. The van der Waals surface area contributed by atoms with Crippen molar-refractivity contribution in [1.82, 2.24) is 0 Å². The standard InChI is InChI=1S/C44H74NO12P/c1-3-5-7-8-9-10-11-12-13-14-15-16-20-23-27-33-43(49)57-40(36-55-58(52,53)56-37-41(45)44(50)51)35-54-42(48)34-28-32-39(47)31-26-22-19-17-18-21-25-30-38(46)29-24-6-4-2/h9-10,12-13,18-19,21-22,25-26,30-31,38-41,46-47H,3-8,11,14-17,20,23-24,27-29,32-37,45H2,1-2H3,(H,50,51)(H,52,53)/b10-9-,13-12-,21-18-,22-19-,30-25+,31-26+/t38-,39-,40+,41-/m0/s1. The molecule has 0 saturated carbocycles. The molecule has 6 N–H and O–H groups in total. The van der Waals surface area contributed by atoms with E-state index in [2.05, 4.69) is 42.7 Å². The number of carboxylic acid groups (broad SMARTS) is 1. The lowest BCUT2D eigenvalue weighted by molar-refractivity contribution is -0.161. The summed E-state index contributed by atoms with van der Waals surface area (Å²) in [6.07, 6.45) is 37.5. The minimum Gasteiger partial charge on any atom is -0.480 e. The number of hydrogen-bond donors (Lipinski definition) is 5. The van der Waals surface area contributed by atoms with Crippen LogP contribution in [0, 0.1) is 0 Å². The first-order valence-corrected chi connectivity index (χ1v) is 22.7. The molecule has 0 aromatic carbocycles. The van der Waals surface area contributed by atoms with Crippen molar-refractivity contribution < 1.29 is 57.7 Å². The van der Waals surface area contributed by atoms with Gasteiger partial charge in [0.25, 0.3) is 0 Å². The molecule has 58 heavy (non-hydrogen) atoms. The van der Waals surface area contributed by atoms with Gasteiger partial charge < -0.3 is 35.4 Å². The summed E-state index contributed by atoms with van der Waals surface area (Å²) in [5.74, 6) is -2.66. The van der Waals surface area contributed by atoms with E-state index in [0.29, 0.717) is 25.7 Å². The fourth-order valence-corrected chi connectivity index (χ4v) is 5.97. The predicted octanol–water partition coefficient (Wildman–Crippen LogP) is 8.89. The third-order valence-electron chi connectivity index (χ3n) is 8.64. The lowest BCUT2D eigenvalue weighted by Crippen LogP contribution is -2.34. The number of nitrogens with two attached hydrogens (primary N) is 1. The monoisotopic (exact) mass is 839 g/mol. The number of phosphoric acid groups is 1. The summed E-state index contributed by atoms with van der Waals surface area (Å²) in [7, 11) is -4.78. The minimum absolute atomic E-state index is 0.0332. The maximum Gasteiger partial charge on any atom is 0.472 e. The third-order valence-corrected chi connectivity index (χ3v) is 9.59. The largest absolute Gasteiger partial charge is 0.480 e. The number of rotatable bonds is 38. The molecule has 1 unspecified atom stereocenters. The Morgan fingerprint density at radius 3 is 1.76 bits per heavy atom. The average molecular weight is 840 g/mol. The van der Waals surface area contributed by atoms with E-state index in [9.17, 15) is 34.1 Å². The van der Waals surface area contributed by atoms with Gasteiger partial charge >= 0.3 is 25.7 Å². The molecule has 0 aliphatic carbocycles. The molecule has 0 spiro atoms. The minimum atomic E-state index is -4.78. The van der Waals surface area contributed by atoms with Gasteiger partial charge in [-0.3, -0.25) is 23.4 Å². The number of carboxylic acids is 1. The van der Waals surface area contributed by atoms with E-state index in [-0.39, 0.29) is 12.8 Å². The fourth-order valence-electron chi connectivity index (χ4n) is 5.19. The zero-order chi connectivity index (χ0) is 43.1. The van der Waals surface area contributed by atoms with E-state index in [1.165, 1.54) is 19.3 Å². The van der Waals surface area contributed by atoms with Gasteiger partial charge in [-0.1, -0.05) is 138 Å². The number of aliphatic hydroxyl groups is 2. The summed E-state index contributed by atoms with van der Waals surface area (Å²) >= 11 is 0. The molecule has 0 amide bonds. The van der Waals surface area contributed by atoms with Crippen molar-refractivity contribution in [1.29, 1.82) is 0 Å². The number of aliphatic carboxylic acids is 1. The predicted molar refractivity (Wildman–Crippen MR) is 229 cm³/mol. The molecule has 0 aromatic rings. The number of ether oxygens (including phenoxy) is 2. The molecule has 0 radical (unpaired) electrons. The second kappa shape index (κ2) is 38.1. The van der Waals surface area contributed by atoms with Gasteiger partial charge in [-0.25, -0.2) is 4.57 Å². The summed E-state index contributed by atoms with van der Waals surface area (Å²) in [6.45, 7) is 2.41. The van der Waals surface area contributed by atoms with Crippen LogP contribution in [0.3, 0.4) is 0 Å². The van der Waals surface area contributed by atoms with Gasteiger partial charge in [-0.05, 0) is 64.2 Å². The van der Waals surface area contributed by atoms with Crippen LogP contribution in [0.5, 0.6) is 0 Å². The number of esters is 2. The average Bonchev–Trinajstić information content (AvgIpc) is 3.18. The first kappa shape index (κ1) is 54.8. The van der Waals surface area contributed by atoms with Crippen molar-refractivity contribution >= 4 is 25.7 Å². The van der Waals surface area contributed by atoms with Crippen molar-refractivity contribution in [3.05, 3.63) is 72.9 Å². The molecule has 14 heteroatoms. The van der Waals surface area contributed by atoms with Crippen molar-refractivity contribution in [3.63, 3.8) is 0 Å². The van der Waals surface area contributed by atoms with Gasteiger partial charge in [-0.15, -0.1) is 0 Å². The van der Waals surface area contributed by atoms with Crippen LogP contribution < -0.4 is 5.73 Å². The van der Waals surface area contributed by atoms with Crippen LogP contribution in [0.2, 0.25) is 0 Å². The van der Waals surface area contributed by atoms with Crippen LogP contribution in [0.4, 0.5) is 0 Å². The Labute approximate surface area is 347 Å². The first-order chi connectivity index (χ1) is 27.9. The van der Waals surface area contributed by atoms with Crippen LogP contribution in [0.25, 0.3) is 0 Å². The number of aliphatic hydroxyl groups excluding tert-OH is 2.